The second kappa shape index (κ2) is 6.44. The Bertz CT molecular complexity index is 510. The summed E-state index contributed by atoms with van der Waals surface area (Å²) in [6.07, 6.45) is 2.66. The van der Waals surface area contributed by atoms with Gasteiger partial charge in [-0.2, -0.15) is 0 Å². The van der Waals surface area contributed by atoms with E-state index in [0.29, 0.717) is 5.56 Å². The molecule has 3 N–H and O–H groups in total. The number of phenols is 2. The number of carbonyl (C=O) groups excluding carboxylic acids is 2. The Kier molecular flexibility index (Phi) is 4.93. The van der Waals surface area contributed by atoms with E-state index in [2.05, 4.69) is 10.1 Å². The van der Waals surface area contributed by atoms with Gasteiger partial charge in [-0.15, -0.1) is 0 Å². The van der Waals surface area contributed by atoms with Crippen LogP contribution in [0, 0.1) is 0 Å². The lowest BCUT2D eigenvalue weighted by molar-refractivity contribution is -0.144. The van der Waals surface area contributed by atoms with Crippen molar-refractivity contribution >= 4 is 18.0 Å². The maximum atomic E-state index is 11.5. The van der Waals surface area contributed by atoms with Crippen LogP contribution in [0.25, 0.3) is 6.08 Å². The van der Waals surface area contributed by atoms with Crippen LogP contribution in [0.15, 0.2) is 24.3 Å². The Morgan fingerprint density at radius 3 is 2.58 bits per heavy atom. The van der Waals surface area contributed by atoms with Crippen LogP contribution in [0.4, 0.5) is 0 Å². The molecule has 6 heteroatoms. The third-order valence-electron chi connectivity index (χ3n) is 2.34. The molecule has 0 spiro atoms. The van der Waals surface area contributed by atoms with Crippen molar-refractivity contribution in [1.29, 1.82) is 0 Å². The molecule has 6 nitrogen and oxygen atoms in total. The van der Waals surface area contributed by atoms with Crippen molar-refractivity contribution < 1.29 is 24.5 Å². The summed E-state index contributed by atoms with van der Waals surface area (Å²) in [5.41, 5.74) is 0.538. The maximum Gasteiger partial charge on any atom is 0.328 e. The highest BCUT2D eigenvalue weighted by molar-refractivity contribution is 5.94. The number of methoxy groups -OCH3 is 1. The summed E-state index contributed by atoms with van der Waals surface area (Å²) in [7, 11) is 1.24. The van der Waals surface area contributed by atoms with Gasteiger partial charge < -0.3 is 20.3 Å². The first-order chi connectivity index (χ1) is 8.93. The third-order valence-corrected chi connectivity index (χ3v) is 2.34. The van der Waals surface area contributed by atoms with Crippen LogP contribution in [-0.2, 0) is 14.3 Å². The molecule has 1 atom stereocenters. The van der Waals surface area contributed by atoms with Crippen molar-refractivity contribution in [2.75, 3.05) is 7.11 Å². The molecule has 1 rings (SSSR count). The van der Waals surface area contributed by atoms with Gasteiger partial charge in [-0.25, -0.2) is 4.79 Å². The van der Waals surface area contributed by atoms with Crippen LogP contribution < -0.4 is 5.32 Å². The first-order valence-electron chi connectivity index (χ1n) is 5.52. The minimum absolute atomic E-state index is 0.235. The predicted octanol–water partition coefficient (Wildman–Crippen LogP) is 0.789. The molecule has 0 radical (unpaired) electrons. The molecule has 0 bridgehead atoms. The number of carbonyl (C=O) groups is 2. The average molecular weight is 265 g/mol. The Balaban J connectivity index is 2.63. The Hall–Kier alpha value is -2.50. The molecule has 0 fully saturated rings. The fourth-order valence-corrected chi connectivity index (χ4v) is 1.31. The first kappa shape index (κ1) is 14.6. The fraction of sp³-hybridized carbons (Fsp3) is 0.231. The molecule has 0 aliphatic rings. The second-order valence-electron chi connectivity index (χ2n) is 3.83. The number of rotatable bonds is 4. The number of hydrogen-bond acceptors (Lipinski definition) is 5. The minimum Gasteiger partial charge on any atom is -0.504 e. The van der Waals surface area contributed by atoms with Gasteiger partial charge in [-0.05, 0) is 30.7 Å². The third kappa shape index (κ3) is 4.34. The van der Waals surface area contributed by atoms with Gasteiger partial charge >= 0.3 is 5.97 Å². The monoisotopic (exact) mass is 265 g/mol. The number of hydrogen-bond donors (Lipinski definition) is 3. The number of nitrogens with one attached hydrogen (secondary N) is 1. The molecule has 0 heterocycles. The lowest BCUT2D eigenvalue weighted by Gasteiger charge is -2.09. The number of ether oxygens (including phenoxy) is 1. The van der Waals surface area contributed by atoms with Crippen LogP contribution in [0.5, 0.6) is 11.5 Å². The summed E-state index contributed by atoms with van der Waals surface area (Å²) in [5, 5.41) is 20.8. The van der Waals surface area contributed by atoms with E-state index in [1.807, 2.05) is 0 Å². The van der Waals surface area contributed by atoms with E-state index in [1.165, 1.54) is 44.4 Å². The maximum absolute atomic E-state index is 11.5. The number of amides is 1. The number of esters is 1. The SMILES string of the molecule is COC(=O)C(C)NC(=O)C=Cc1ccc(O)c(O)c1. The zero-order chi connectivity index (χ0) is 14.4. The molecule has 0 aromatic heterocycles. The molecular weight excluding hydrogens is 250 g/mol. The fourth-order valence-electron chi connectivity index (χ4n) is 1.31. The van der Waals surface area contributed by atoms with E-state index < -0.39 is 17.9 Å². The number of benzene rings is 1. The van der Waals surface area contributed by atoms with Gasteiger partial charge in [0.25, 0.3) is 0 Å². The normalized spacial score (nSPS) is 12.1. The lowest BCUT2D eigenvalue weighted by atomic mass is 10.2. The van der Waals surface area contributed by atoms with Crippen molar-refractivity contribution in [1.82, 2.24) is 5.32 Å². The molecular formula is C13H15NO5. The molecule has 0 aliphatic heterocycles. The van der Waals surface area contributed by atoms with E-state index in [-0.39, 0.29) is 11.5 Å². The van der Waals surface area contributed by atoms with E-state index in [0.717, 1.165) is 0 Å². The van der Waals surface area contributed by atoms with Crippen LogP contribution >= 0.6 is 0 Å². The van der Waals surface area contributed by atoms with Crippen molar-refractivity contribution in [3.05, 3.63) is 29.8 Å². The molecule has 1 aromatic carbocycles. The summed E-state index contributed by atoms with van der Waals surface area (Å²) in [6, 6.07) is 3.41. The van der Waals surface area contributed by atoms with Crippen molar-refractivity contribution in [2.45, 2.75) is 13.0 Å². The predicted molar refractivity (Wildman–Crippen MR) is 68.4 cm³/mol. The van der Waals surface area contributed by atoms with Gasteiger partial charge in [0.2, 0.25) is 5.91 Å². The van der Waals surface area contributed by atoms with Gasteiger partial charge in [0, 0.05) is 6.08 Å². The highest BCUT2D eigenvalue weighted by atomic mass is 16.5. The molecule has 1 aromatic rings. The van der Waals surface area contributed by atoms with Gasteiger partial charge in [-0.1, -0.05) is 6.07 Å². The summed E-state index contributed by atoms with van der Waals surface area (Å²) < 4.78 is 4.47. The topological polar surface area (TPSA) is 95.9 Å². The second-order valence-corrected chi connectivity index (χ2v) is 3.83. The summed E-state index contributed by atoms with van der Waals surface area (Å²) in [4.78, 5) is 22.6. The van der Waals surface area contributed by atoms with Gasteiger partial charge in [0.1, 0.15) is 6.04 Å². The smallest absolute Gasteiger partial charge is 0.328 e. The van der Waals surface area contributed by atoms with E-state index >= 15 is 0 Å². The Morgan fingerprint density at radius 2 is 2.00 bits per heavy atom. The largest absolute Gasteiger partial charge is 0.504 e. The van der Waals surface area contributed by atoms with Gasteiger partial charge in [0.15, 0.2) is 11.5 Å². The van der Waals surface area contributed by atoms with Crippen LogP contribution in [0.3, 0.4) is 0 Å². The Morgan fingerprint density at radius 1 is 1.32 bits per heavy atom. The quantitative estimate of drug-likeness (QED) is 0.425. The van der Waals surface area contributed by atoms with E-state index in [9.17, 15) is 14.7 Å². The molecule has 1 amide bonds. The molecule has 102 valence electrons. The summed E-state index contributed by atoms with van der Waals surface area (Å²) >= 11 is 0. The zero-order valence-corrected chi connectivity index (χ0v) is 10.6. The highest BCUT2D eigenvalue weighted by Gasteiger charge is 2.13. The molecule has 0 saturated carbocycles. The molecule has 1 unspecified atom stereocenters. The summed E-state index contributed by atoms with van der Waals surface area (Å²) in [5.74, 6) is -1.51. The van der Waals surface area contributed by atoms with Crippen LogP contribution in [-0.4, -0.2) is 35.2 Å². The molecule has 0 aliphatic carbocycles. The van der Waals surface area contributed by atoms with Gasteiger partial charge in [0.05, 0.1) is 7.11 Å². The zero-order valence-electron chi connectivity index (χ0n) is 10.6. The molecule has 0 saturated heterocycles. The van der Waals surface area contributed by atoms with E-state index in [1.54, 1.807) is 0 Å². The van der Waals surface area contributed by atoms with Crippen LogP contribution in [0.1, 0.15) is 12.5 Å². The number of aromatic hydroxyl groups is 2. The Labute approximate surface area is 110 Å². The molecule has 19 heavy (non-hydrogen) atoms. The highest BCUT2D eigenvalue weighted by Crippen LogP contribution is 2.25. The summed E-state index contributed by atoms with van der Waals surface area (Å²) in [6.45, 7) is 1.50. The van der Waals surface area contributed by atoms with Crippen LogP contribution in [0.2, 0.25) is 0 Å². The minimum atomic E-state index is -0.740. The average Bonchev–Trinajstić information content (AvgIpc) is 2.39. The first-order valence-corrected chi connectivity index (χ1v) is 5.52. The van der Waals surface area contributed by atoms with Crippen molar-refractivity contribution in [3.63, 3.8) is 0 Å². The van der Waals surface area contributed by atoms with E-state index in [4.69, 9.17) is 5.11 Å². The van der Waals surface area contributed by atoms with Crippen molar-refractivity contribution in [2.24, 2.45) is 0 Å². The van der Waals surface area contributed by atoms with Gasteiger partial charge in [-0.3, -0.25) is 4.79 Å². The van der Waals surface area contributed by atoms with Crippen molar-refractivity contribution in [3.8, 4) is 11.5 Å². The lowest BCUT2D eigenvalue weighted by Crippen LogP contribution is -2.38. The number of phenolic OH excluding ortho intramolecular Hbond substituents is 2. The standard InChI is InChI=1S/C13H15NO5/c1-8(13(18)19-2)14-12(17)6-4-9-3-5-10(15)11(16)7-9/h3-8,15-16H,1-2H3,(H,14,17).